The van der Waals surface area contributed by atoms with Crippen molar-refractivity contribution in [2.45, 2.75) is 102 Å². The molecule has 0 radical (unpaired) electrons. The maximum absolute atomic E-state index is 13.7. The second-order valence-corrected chi connectivity index (χ2v) is 14.7. The molecule has 8 nitrogen and oxygen atoms in total. The molecule has 1 aromatic rings. The molecule has 41 heavy (non-hydrogen) atoms. The van der Waals surface area contributed by atoms with Crippen LogP contribution < -0.4 is 16.0 Å². The van der Waals surface area contributed by atoms with Crippen LogP contribution in [-0.2, 0) is 14.3 Å². The summed E-state index contributed by atoms with van der Waals surface area (Å²) in [5.41, 5.74) is 8.29. The summed E-state index contributed by atoms with van der Waals surface area (Å²) in [6.07, 6.45) is 5.06. The van der Waals surface area contributed by atoms with Gasteiger partial charge in [-0.25, -0.2) is 0 Å². The molecule has 2 amide bonds. The lowest BCUT2D eigenvalue weighted by atomic mass is 9.52. The molecule has 0 spiro atoms. The number of nitrogens with two attached hydrogens (primary N) is 1. The van der Waals surface area contributed by atoms with Gasteiger partial charge in [0.15, 0.2) is 0 Å². The van der Waals surface area contributed by atoms with E-state index in [1.807, 2.05) is 57.0 Å². The van der Waals surface area contributed by atoms with Crippen molar-refractivity contribution < 1.29 is 19.4 Å². The summed E-state index contributed by atoms with van der Waals surface area (Å²) >= 11 is 0. The van der Waals surface area contributed by atoms with Crippen molar-refractivity contribution in [1.82, 2.24) is 10.2 Å². The molecule has 1 aliphatic heterocycles. The summed E-state index contributed by atoms with van der Waals surface area (Å²) in [5, 5.41) is 14.7. The smallest absolute Gasteiger partial charge is 0.241 e. The van der Waals surface area contributed by atoms with Crippen molar-refractivity contribution in [2.24, 2.45) is 35.3 Å². The normalized spacial score (nSPS) is 33.2. The van der Waals surface area contributed by atoms with E-state index in [2.05, 4.69) is 24.1 Å². The number of para-hydroxylation sites is 1. The largest absolute Gasteiger partial charge is 0.391 e. The lowest BCUT2D eigenvalue weighted by molar-refractivity contribution is -0.162. The van der Waals surface area contributed by atoms with Gasteiger partial charge in [0.05, 0.1) is 18.2 Å². The SMILES string of the molecule is COC12CC3C[C@H](C1)C(NC(=O)[C@@H](C[C@H](O)[C@@H](N)CN1CC(=O)N(c4ccccc4C)CC1(C)C)C(C)C)[C@@H](C3)C2. The van der Waals surface area contributed by atoms with Gasteiger partial charge in [-0.1, -0.05) is 32.0 Å². The van der Waals surface area contributed by atoms with Crippen LogP contribution in [0.4, 0.5) is 5.69 Å². The van der Waals surface area contributed by atoms with Crippen LogP contribution in [0.3, 0.4) is 0 Å². The number of aliphatic hydroxyl groups is 1. The van der Waals surface area contributed by atoms with Crippen molar-refractivity contribution in [1.29, 1.82) is 0 Å². The van der Waals surface area contributed by atoms with Crippen molar-refractivity contribution in [3.63, 3.8) is 0 Å². The number of rotatable bonds is 10. The van der Waals surface area contributed by atoms with Gasteiger partial charge in [0, 0.05) is 49.4 Å². The Labute approximate surface area is 246 Å². The lowest BCUT2D eigenvalue weighted by Gasteiger charge is -2.59. The third-order valence-corrected chi connectivity index (χ3v) is 11.0. The highest BCUT2D eigenvalue weighted by Gasteiger charge is 2.56. The van der Waals surface area contributed by atoms with Gasteiger partial charge in [-0.2, -0.15) is 0 Å². The van der Waals surface area contributed by atoms with E-state index < -0.39 is 12.1 Å². The summed E-state index contributed by atoms with van der Waals surface area (Å²) in [6.45, 7) is 11.5. The van der Waals surface area contributed by atoms with Crippen LogP contribution in [0.5, 0.6) is 0 Å². The van der Waals surface area contributed by atoms with Crippen molar-refractivity contribution in [2.75, 3.05) is 31.6 Å². The zero-order chi connectivity index (χ0) is 29.7. The minimum Gasteiger partial charge on any atom is -0.391 e. The molecule has 5 aliphatic rings. The fourth-order valence-corrected chi connectivity index (χ4v) is 8.63. The second-order valence-electron chi connectivity index (χ2n) is 14.7. The van der Waals surface area contributed by atoms with Crippen LogP contribution in [-0.4, -0.2) is 77.9 Å². The monoisotopic (exact) mass is 568 g/mol. The first-order chi connectivity index (χ1) is 19.3. The van der Waals surface area contributed by atoms with Crippen molar-refractivity contribution in [3.05, 3.63) is 29.8 Å². The molecule has 6 rings (SSSR count). The first kappa shape index (κ1) is 30.5. The molecule has 4 aliphatic carbocycles. The number of hydrogen-bond donors (Lipinski definition) is 3. The summed E-state index contributed by atoms with van der Waals surface area (Å²) < 4.78 is 6.00. The number of methoxy groups -OCH3 is 1. The molecule has 4 bridgehead atoms. The van der Waals surface area contributed by atoms with E-state index in [4.69, 9.17) is 10.5 Å². The van der Waals surface area contributed by atoms with E-state index >= 15 is 0 Å². The Kier molecular flexibility index (Phi) is 8.61. The number of aryl methyl sites for hydroxylation is 1. The zero-order valence-electron chi connectivity index (χ0n) is 25.9. The highest BCUT2D eigenvalue weighted by atomic mass is 16.5. The quantitative estimate of drug-likeness (QED) is 0.399. The van der Waals surface area contributed by atoms with Crippen LogP contribution >= 0.6 is 0 Å². The molecular weight excluding hydrogens is 516 g/mol. The number of nitrogens with one attached hydrogen (secondary N) is 1. The predicted molar refractivity (Wildman–Crippen MR) is 161 cm³/mol. The highest BCUT2D eigenvalue weighted by Crippen LogP contribution is 2.57. The molecule has 8 atom stereocenters. The van der Waals surface area contributed by atoms with Gasteiger partial charge in [-0.05, 0) is 94.6 Å². The van der Waals surface area contributed by atoms with E-state index in [-0.39, 0.29) is 47.4 Å². The van der Waals surface area contributed by atoms with Crippen LogP contribution in [0, 0.1) is 36.5 Å². The highest BCUT2D eigenvalue weighted by molar-refractivity contribution is 5.96. The fourth-order valence-electron chi connectivity index (χ4n) is 8.63. The van der Waals surface area contributed by atoms with E-state index in [9.17, 15) is 14.7 Å². The van der Waals surface area contributed by atoms with Crippen molar-refractivity contribution in [3.8, 4) is 0 Å². The first-order valence-electron chi connectivity index (χ1n) is 15.7. The molecule has 8 heteroatoms. The summed E-state index contributed by atoms with van der Waals surface area (Å²) in [7, 11) is 1.85. The van der Waals surface area contributed by atoms with Crippen LogP contribution in [0.2, 0.25) is 0 Å². The number of aliphatic hydroxyl groups excluding tert-OH is 1. The third-order valence-electron chi connectivity index (χ3n) is 11.0. The molecular formula is C33H52N4O4. The number of benzene rings is 1. The Balaban J connectivity index is 1.19. The molecule has 4 saturated carbocycles. The van der Waals surface area contributed by atoms with Gasteiger partial charge in [-0.3, -0.25) is 14.5 Å². The first-order valence-corrected chi connectivity index (χ1v) is 15.7. The van der Waals surface area contributed by atoms with Crippen molar-refractivity contribution >= 4 is 17.5 Å². The average Bonchev–Trinajstić information content (AvgIpc) is 2.91. The number of amides is 2. The number of piperazine rings is 1. The number of ether oxygens (including phenoxy) is 1. The fraction of sp³-hybridized carbons (Fsp3) is 0.758. The Morgan fingerprint density at radius 3 is 2.44 bits per heavy atom. The van der Waals surface area contributed by atoms with E-state index in [0.29, 0.717) is 31.3 Å². The zero-order valence-corrected chi connectivity index (χ0v) is 25.9. The van der Waals surface area contributed by atoms with Gasteiger partial charge >= 0.3 is 0 Å². The topological polar surface area (TPSA) is 108 Å². The number of hydrogen-bond acceptors (Lipinski definition) is 6. The number of anilines is 1. The standard InChI is InChI=1S/C33H52N4O4/c1-20(2)25(31(40)35-30-23-11-22-12-24(30)16-33(14-22,15-23)41-6)13-28(38)26(34)17-36-18-29(39)37(19-32(36,4)5)27-10-8-7-9-21(27)3/h7-10,20,22-26,28,30,38H,11-19,34H2,1-6H3,(H,35,40)/t22?,23-,24+,25-,26-,28-,30?,33?/m0/s1. The second kappa shape index (κ2) is 11.6. The molecule has 1 saturated heterocycles. The van der Waals surface area contributed by atoms with Gasteiger partial charge < -0.3 is 25.8 Å². The maximum Gasteiger partial charge on any atom is 0.241 e. The van der Waals surface area contributed by atoms with Gasteiger partial charge in [0.1, 0.15) is 0 Å². The number of carbonyl (C=O) groups excluding carboxylic acids is 2. The number of nitrogens with zero attached hydrogens (tertiary/aromatic N) is 2. The Morgan fingerprint density at radius 1 is 1.17 bits per heavy atom. The van der Waals surface area contributed by atoms with E-state index in [1.54, 1.807) is 0 Å². The molecule has 4 N–H and O–H groups in total. The molecule has 1 aromatic carbocycles. The maximum atomic E-state index is 13.7. The Bertz CT molecular complexity index is 1110. The lowest BCUT2D eigenvalue weighted by Crippen LogP contribution is -2.64. The van der Waals surface area contributed by atoms with Gasteiger partial charge in [0.2, 0.25) is 11.8 Å². The molecule has 1 heterocycles. The summed E-state index contributed by atoms with van der Waals surface area (Å²) in [5.74, 6) is 1.50. The molecule has 5 fully saturated rings. The van der Waals surface area contributed by atoms with Crippen LogP contribution in [0.1, 0.15) is 71.8 Å². The molecule has 0 aromatic heterocycles. The minimum atomic E-state index is -0.844. The number of carbonyl (C=O) groups is 2. The summed E-state index contributed by atoms with van der Waals surface area (Å²) in [6, 6.07) is 7.59. The predicted octanol–water partition coefficient (Wildman–Crippen LogP) is 3.48. The minimum absolute atomic E-state index is 0.0126. The van der Waals surface area contributed by atoms with E-state index in [1.165, 1.54) is 19.3 Å². The molecule has 228 valence electrons. The Hall–Kier alpha value is -2.00. The van der Waals surface area contributed by atoms with E-state index in [0.717, 1.165) is 30.0 Å². The van der Waals surface area contributed by atoms with Crippen LogP contribution in [0.25, 0.3) is 0 Å². The third kappa shape index (κ3) is 6.08. The van der Waals surface area contributed by atoms with Crippen LogP contribution in [0.15, 0.2) is 24.3 Å². The average molecular weight is 569 g/mol. The molecule has 3 unspecified atom stereocenters. The van der Waals surface area contributed by atoms with Gasteiger partial charge in [0.25, 0.3) is 0 Å². The summed E-state index contributed by atoms with van der Waals surface area (Å²) in [4.78, 5) is 30.8. The van der Waals surface area contributed by atoms with Gasteiger partial charge in [-0.15, -0.1) is 0 Å². The Morgan fingerprint density at radius 2 is 1.83 bits per heavy atom.